The highest BCUT2D eigenvalue weighted by molar-refractivity contribution is 5.55. The molecule has 0 heterocycles. The van der Waals surface area contributed by atoms with E-state index >= 15 is 0 Å². The van der Waals surface area contributed by atoms with Crippen molar-refractivity contribution in [1.29, 1.82) is 0 Å². The van der Waals surface area contributed by atoms with Crippen LogP contribution in [0.1, 0.15) is 45.1 Å². The number of nitrogens with zero attached hydrogens (tertiary/aromatic N) is 1. The molecular weight excluding hydrogens is 251 g/mol. The molecule has 2 saturated carbocycles. The van der Waals surface area contributed by atoms with Crippen LogP contribution in [0.3, 0.4) is 0 Å². The van der Waals surface area contributed by atoms with Gasteiger partial charge in [0.05, 0.1) is 0 Å². The number of nitrogens with one attached hydrogen (secondary N) is 1. The average molecular weight is 276 g/mol. The first-order valence-corrected chi connectivity index (χ1v) is 7.92. The van der Waals surface area contributed by atoms with E-state index in [4.69, 9.17) is 0 Å². The number of anilines is 1. The zero-order valence-electron chi connectivity index (χ0n) is 12.5. The van der Waals surface area contributed by atoms with Crippen molar-refractivity contribution < 1.29 is 4.39 Å². The Labute approximate surface area is 121 Å². The van der Waals surface area contributed by atoms with Gasteiger partial charge in [-0.3, -0.25) is 0 Å². The standard InChI is InChI=1S/C17H25FN2/c1-12(2)20(11-13-6-7-13)17-5-3-4-16(18)15(17)10-19-14-8-9-14/h3-5,12-14,19H,6-11H2,1-2H3. The molecule has 0 radical (unpaired) electrons. The molecule has 0 spiro atoms. The minimum Gasteiger partial charge on any atom is -0.368 e. The fraction of sp³-hybridized carbons (Fsp3) is 0.647. The number of halogens is 1. The van der Waals surface area contributed by atoms with E-state index in [1.807, 2.05) is 6.07 Å². The molecule has 0 aliphatic heterocycles. The molecule has 1 aromatic rings. The van der Waals surface area contributed by atoms with E-state index in [1.165, 1.54) is 25.7 Å². The quantitative estimate of drug-likeness (QED) is 0.817. The molecule has 0 bridgehead atoms. The first-order chi connectivity index (χ1) is 9.65. The number of benzene rings is 1. The molecule has 3 heteroatoms. The smallest absolute Gasteiger partial charge is 0.129 e. The van der Waals surface area contributed by atoms with Gasteiger partial charge in [-0.25, -0.2) is 4.39 Å². The Morgan fingerprint density at radius 3 is 2.60 bits per heavy atom. The van der Waals surface area contributed by atoms with E-state index in [0.717, 1.165) is 23.7 Å². The first kappa shape index (κ1) is 13.9. The van der Waals surface area contributed by atoms with Gasteiger partial charge in [0, 0.05) is 36.4 Å². The van der Waals surface area contributed by atoms with E-state index in [2.05, 4.69) is 30.1 Å². The summed E-state index contributed by atoms with van der Waals surface area (Å²) < 4.78 is 14.2. The van der Waals surface area contributed by atoms with Crippen molar-refractivity contribution in [3.8, 4) is 0 Å². The Balaban J connectivity index is 1.82. The zero-order valence-corrected chi connectivity index (χ0v) is 12.5. The van der Waals surface area contributed by atoms with Crippen molar-refractivity contribution >= 4 is 5.69 Å². The average Bonchev–Trinajstić information content (AvgIpc) is 3.28. The minimum atomic E-state index is -0.0721. The van der Waals surface area contributed by atoms with Crippen LogP contribution in [0.15, 0.2) is 18.2 Å². The summed E-state index contributed by atoms with van der Waals surface area (Å²) in [5, 5.41) is 3.45. The summed E-state index contributed by atoms with van der Waals surface area (Å²) >= 11 is 0. The molecule has 0 amide bonds. The summed E-state index contributed by atoms with van der Waals surface area (Å²) in [5.41, 5.74) is 1.92. The SMILES string of the molecule is CC(C)N(CC1CC1)c1cccc(F)c1CNC1CC1. The van der Waals surface area contributed by atoms with Gasteiger partial charge in [-0.1, -0.05) is 6.07 Å². The van der Waals surface area contributed by atoms with Crippen LogP contribution in [0, 0.1) is 11.7 Å². The van der Waals surface area contributed by atoms with Crippen LogP contribution in [0.25, 0.3) is 0 Å². The molecular formula is C17H25FN2. The van der Waals surface area contributed by atoms with Crippen molar-refractivity contribution in [3.05, 3.63) is 29.6 Å². The van der Waals surface area contributed by atoms with Crippen molar-refractivity contribution in [1.82, 2.24) is 5.32 Å². The van der Waals surface area contributed by atoms with Gasteiger partial charge in [0.25, 0.3) is 0 Å². The fourth-order valence-corrected chi connectivity index (χ4v) is 2.69. The van der Waals surface area contributed by atoms with E-state index < -0.39 is 0 Å². The molecule has 2 aliphatic carbocycles. The van der Waals surface area contributed by atoms with E-state index in [9.17, 15) is 4.39 Å². The van der Waals surface area contributed by atoms with Crippen molar-refractivity contribution in [2.24, 2.45) is 5.92 Å². The topological polar surface area (TPSA) is 15.3 Å². The summed E-state index contributed by atoms with van der Waals surface area (Å²) in [6.07, 6.45) is 5.13. The molecule has 2 fully saturated rings. The molecule has 0 aromatic heterocycles. The molecule has 2 aliphatic rings. The summed E-state index contributed by atoms with van der Waals surface area (Å²) in [5.74, 6) is 0.738. The highest BCUT2D eigenvalue weighted by Gasteiger charge is 2.28. The molecule has 1 N–H and O–H groups in total. The van der Waals surface area contributed by atoms with Gasteiger partial charge in [-0.15, -0.1) is 0 Å². The van der Waals surface area contributed by atoms with Crippen molar-refractivity contribution in [2.75, 3.05) is 11.4 Å². The van der Waals surface area contributed by atoms with Gasteiger partial charge in [0.2, 0.25) is 0 Å². The zero-order chi connectivity index (χ0) is 14.1. The molecule has 110 valence electrons. The highest BCUT2D eigenvalue weighted by atomic mass is 19.1. The Morgan fingerprint density at radius 1 is 1.25 bits per heavy atom. The van der Waals surface area contributed by atoms with Gasteiger partial charge in [0.1, 0.15) is 5.82 Å². The monoisotopic (exact) mass is 276 g/mol. The van der Waals surface area contributed by atoms with Crippen LogP contribution in [0.4, 0.5) is 10.1 Å². The normalized spacial score (nSPS) is 18.6. The Hall–Kier alpha value is -1.09. The maximum atomic E-state index is 14.2. The predicted octanol–water partition coefficient (Wildman–Crippen LogP) is 3.70. The maximum absolute atomic E-state index is 14.2. The third-order valence-electron chi connectivity index (χ3n) is 4.32. The van der Waals surface area contributed by atoms with Crippen LogP contribution in [-0.2, 0) is 6.54 Å². The maximum Gasteiger partial charge on any atom is 0.129 e. The van der Waals surface area contributed by atoms with E-state index in [1.54, 1.807) is 6.07 Å². The summed E-state index contributed by atoms with van der Waals surface area (Å²) in [4.78, 5) is 2.38. The van der Waals surface area contributed by atoms with E-state index in [0.29, 0.717) is 18.6 Å². The number of hydrogen-bond donors (Lipinski definition) is 1. The van der Waals surface area contributed by atoms with Crippen LogP contribution < -0.4 is 10.2 Å². The predicted molar refractivity (Wildman–Crippen MR) is 81.5 cm³/mol. The highest BCUT2D eigenvalue weighted by Crippen LogP contribution is 2.34. The van der Waals surface area contributed by atoms with Crippen LogP contribution >= 0.6 is 0 Å². The molecule has 3 rings (SSSR count). The molecule has 20 heavy (non-hydrogen) atoms. The van der Waals surface area contributed by atoms with Gasteiger partial charge in [0.15, 0.2) is 0 Å². The second-order valence-electron chi connectivity index (χ2n) is 6.58. The van der Waals surface area contributed by atoms with Crippen LogP contribution in [0.2, 0.25) is 0 Å². The molecule has 0 saturated heterocycles. The van der Waals surface area contributed by atoms with Crippen molar-refractivity contribution in [3.63, 3.8) is 0 Å². The largest absolute Gasteiger partial charge is 0.368 e. The number of rotatable bonds is 7. The lowest BCUT2D eigenvalue weighted by molar-refractivity contribution is 0.577. The Morgan fingerprint density at radius 2 is 2.00 bits per heavy atom. The molecule has 2 nitrogen and oxygen atoms in total. The summed E-state index contributed by atoms with van der Waals surface area (Å²) in [6, 6.07) is 6.53. The Bertz CT molecular complexity index is 464. The van der Waals surface area contributed by atoms with Gasteiger partial charge >= 0.3 is 0 Å². The lowest BCUT2D eigenvalue weighted by Crippen LogP contribution is -2.34. The fourth-order valence-electron chi connectivity index (χ4n) is 2.69. The van der Waals surface area contributed by atoms with Crippen LogP contribution in [-0.4, -0.2) is 18.6 Å². The first-order valence-electron chi connectivity index (χ1n) is 7.92. The molecule has 1 aromatic carbocycles. The second-order valence-corrected chi connectivity index (χ2v) is 6.58. The van der Waals surface area contributed by atoms with Gasteiger partial charge < -0.3 is 10.2 Å². The van der Waals surface area contributed by atoms with E-state index in [-0.39, 0.29) is 5.82 Å². The molecule has 0 unspecified atom stereocenters. The van der Waals surface area contributed by atoms with Crippen LogP contribution in [0.5, 0.6) is 0 Å². The van der Waals surface area contributed by atoms with Gasteiger partial charge in [-0.2, -0.15) is 0 Å². The summed E-state index contributed by atoms with van der Waals surface area (Å²) in [7, 11) is 0. The lowest BCUT2D eigenvalue weighted by atomic mass is 10.1. The Kier molecular flexibility index (Phi) is 3.97. The molecule has 0 atom stereocenters. The van der Waals surface area contributed by atoms with Gasteiger partial charge in [-0.05, 0) is 57.6 Å². The summed E-state index contributed by atoms with van der Waals surface area (Å²) in [6.45, 7) is 6.12. The number of hydrogen-bond acceptors (Lipinski definition) is 2. The minimum absolute atomic E-state index is 0.0721. The van der Waals surface area contributed by atoms with Crippen molar-refractivity contribution in [2.45, 2.75) is 58.2 Å². The third kappa shape index (κ3) is 3.32. The second kappa shape index (κ2) is 5.72. The third-order valence-corrected chi connectivity index (χ3v) is 4.32. The lowest BCUT2D eigenvalue weighted by Gasteiger charge is -2.31.